The number of amides is 1. The molecular weight excluding hydrogens is 493 g/mol. The second-order valence-corrected chi connectivity index (χ2v) is 10.6. The predicted octanol–water partition coefficient (Wildman–Crippen LogP) is 4.02. The Labute approximate surface area is 220 Å². The van der Waals surface area contributed by atoms with Crippen molar-refractivity contribution in [3.05, 3.63) is 34.5 Å². The zero-order valence-electron chi connectivity index (χ0n) is 21.3. The van der Waals surface area contributed by atoms with Crippen molar-refractivity contribution in [1.29, 1.82) is 5.41 Å². The Kier molecular flexibility index (Phi) is 8.88. The largest absolute Gasteiger partial charge is 0.491 e. The first-order valence-corrected chi connectivity index (χ1v) is 13.3. The molecule has 3 aromatic rings. The van der Waals surface area contributed by atoms with Crippen LogP contribution in [-0.4, -0.2) is 78.9 Å². The minimum absolute atomic E-state index is 0.490. The van der Waals surface area contributed by atoms with Gasteiger partial charge >= 0.3 is 0 Å². The molecular formula is C26H34FN7O2S. The molecule has 0 bridgehead atoms. The first kappa shape index (κ1) is 26.7. The van der Waals surface area contributed by atoms with Gasteiger partial charge in [-0.15, -0.1) is 11.3 Å². The highest BCUT2D eigenvalue weighted by Gasteiger charge is 2.25. The molecule has 37 heavy (non-hydrogen) atoms. The molecule has 9 nitrogen and oxygen atoms in total. The van der Waals surface area contributed by atoms with Gasteiger partial charge in [-0.05, 0) is 43.7 Å². The van der Waals surface area contributed by atoms with Crippen LogP contribution in [0.1, 0.15) is 35.3 Å². The molecule has 1 aliphatic heterocycles. The van der Waals surface area contributed by atoms with Crippen LogP contribution in [0.25, 0.3) is 10.2 Å². The zero-order chi connectivity index (χ0) is 26.4. The highest BCUT2D eigenvalue weighted by Crippen LogP contribution is 2.40. The summed E-state index contributed by atoms with van der Waals surface area (Å²) < 4.78 is 19.1. The molecule has 1 saturated heterocycles. The van der Waals surface area contributed by atoms with E-state index in [0.717, 1.165) is 53.9 Å². The molecule has 0 radical (unpaired) electrons. The highest BCUT2D eigenvalue weighted by molar-refractivity contribution is 7.19. The van der Waals surface area contributed by atoms with Crippen LogP contribution in [0.5, 0.6) is 5.75 Å². The summed E-state index contributed by atoms with van der Waals surface area (Å²) in [5.74, 6) is 1.38. The molecule has 0 spiro atoms. The summed E-state index contributed by atoms with van der Waals surface area (Å²) in [6.45, 7) is 2.34. The third kappa shape index (κ3) is 6.53. The van der Waals surface area contributed by atoms with Crippen molar-refractivity contribution in [2.45, 2.75) is 38.3 Å². The van der Waals surface area contributed by atoms with Crippen LogP contribution in [-0.2, 0) is 17.6 Å². The lowest BCUT2D eigenvalue weighted by Crippen LogP contribution is -2.48. The minimum Gasteiger partial charge on any atom is -0.491 e. The Hall–Kier alpha value is -3.31. The van der Waals surface area contributed by atoms with Crippen molar-refractivity contribution < 1.29 is 13.9 Å². The van der Waals surface area contributed by atoms with Gasteiger partial charge in [-0.3, -0.25) is 9.69 Å². The maximum atomic E-state index is 13.0. The fraction of sp³-hybridized carbons (Fsp3) is 0.462. The Balaban J connectivity index is 0.000000586. The van der Waals surface area contributed by atoms with Gasteiger partial charge in [-0.1, -0.05) is 0 Å². The van der Waals surface area contributed by atoms with Crippen LogP contribution in [0.3, 0.4) is 0 Å². The second kappa shape index (κ2) is 12.3. The highest BCUT2D eigenvalue weighted by atomic mass is 32.1. The van der Waals surface area contributed by atoms with E-state index in [1.54, 1.807) is 37.8 Å². The van der Waals surface area contributed by atoms with Gasteiger partial charge in [0, 0.05) is 62.1 Å². The number of hydrogen-bond donors (Lipinski definition) is 3. The lowest BCUT2D eigenvalue weighted by molar-refractivity contribution is -0.115. The molecule has 0 atom stereocenters. The van der Waals surface area contributed by atoms with Gasteiger partial charge in [-0.25, -0.2) is 14.4 Å². The van der Waals surface area contributed by atoms with E-state index in [9.17, 15) is 9.18 Å². The van der Waals surface area contributed by atoms with Gasteiger partial charge in [0.25, 0.3) is 0 Å². The summed E-state index contributed by atoms with van der Waals surface area (Å²) in [5.41, 5.74) is 9.31. The number of alkyl halides is 1. The number of benzene rings is 1. The molecule has 5 rings (SSSR count). The summed E-state index contributed by atoms with van der Waals surface area (Å²) in [7, 11) is 3.38. The van der Waals surface area contributed by atoms with Gasteiger partial charge in [0.1, 0.15) is 28.9 Å². The van der Waals surface area contributed by atoms with Crippen molar-refractivity contribution in [2.24, 2.45) is 0 Å². The Morgan fingerprint density at radius 2 is 2.05 bits per heavy atom. The quantitative estimate of drug-likeness (QED) is 0.166. The van der Waals surface area contributed by atoms with E-state index in [2.05, 4.69) is 20.2 Å². The van der Waals surface area contributed by atoms with Gasteiger partial charge < -0.3 is 26.1 Å². The van der Waals surface area contributed by atoms with Crippen LogP contribution in [0, 0.1) is 5.41 Å². The molecule has 4 N–H and O–H groups in total. The van der Waals surface area contributed by atoms with Crippen LogP contribution in [0.4, 0.5) is 21.6 Å². The van der Waals surface area contributed by atoms with Gasteiger partial charge in [0.05, 0.1) is 17.7 Å². The number of nitrogens with one attached hydrogen (secondary N) is 2. The third-order valence-electron chi connectivity index (χ3n) is 6.34. The summed E-state index contributed by atoms with van der Waals surface area (Å²) in [4.78, 5) is 24.4. The lowest BCUT2D eigenvalue weighted by atomic mass is 9.97. The van der Waals surface area contributed by atoms with Crippen molar-refractivity contribution in [3.63, 3.8) is 0 Å². The van der Waals surface area contributed by atoms with Gasteiger partial charge in [0.2, 0.25) is 6.41 Å². The molecule has 1 amide bonds. The first-order valence-electron chi connectivity index (χ1n) is 12.5. The number of aryl methyl sites for hydroxylation is 2. The minimum atomic E-state index is -0.687. The molecule has 1 aromatic carbocycles. The molecule has 2 aliphatic rings. The van der Waals surface area contributed by atoms with E-state index in [0.29, 0.717) is 36.7 Å². The number of ether oxygens (including phenoxy) is 1. The normalized spacial score (nSPS) is 15.2. The van der Waals surface area contributed by atoms with E-state index >= 15 is 0 Å². The summed E-state index contributed by atoms with van der Waals surface area (Å²) >= 11 is 1.76. The SMILES string of the molecule is CN(C)C=O.N=Cc1cc(Nc2ncnc3sc4c(c23)CCCC4)c(OCCCN2CC(F)C2)cc1N. The van der Waals surface area contributed by atoms with E-state index < -0.39 is 6.17 Å². The average molecular weight is 528 g/mol. The number of aromatic nitrogens is 2. The lowest BCUT2D eigenvalue weighted by Gasteiger charge is -2.34. The number of nitrogens with two attached hydrogens (primary N) is 1. The van der Waals surface area contributed by atoms with Crippen LogP contribution in [0.15, 0.2) is 18.5 Å². The fourth-order valence-electron chi connectivity index (χ4n) is 4.43. The van der Waals surface area contributed by atoms with Crippen molar-refractivity contribution in [2.75, 3.05) is 51.4 Å². The molecule has 1 fully saturated rings. The van der Waals surface area contributed by atoms with Crippen LogP contribution < -0.4 is 15.8 Å². The number of carbonyl (C=O) groups is 1. The maximum Gasteiger partial charge on any atom is 0.209 e. The first-order chi connectivity index (χ1) is 17.9. The molecule has 1 aliphatic carbocycles. The smallest absolute Gasteiger partial charge is 0.209 e. The Morgan fingerprint density at radius 1 is 1.30 bits per heavy atom. The number of hydrogen-bond acceptors (Lipinski definition) is 9. The molecule has 198 valence electrons. The summed E-state index contributed by atoms with van der Waals surface area (Å²) in [5, 5.41) is 12.2. The van der Waals surface area contributed by atoms with Crippen molar-refractivity contribution in [3.8, 4) is 5.75 Å². The molecule has 3 heterocycles. The number of likely N-dealkylation sites (tertiary alicyclic amines) is 1. The monoisotopic (exact) mass is 527 g/mol. The zero-order valence-corrected chi connectivity index (χ0v) is 22.1. The average Bonchev–Trinajstić information content (AvgIpc) is 3.26. The molecule has 2 aromatic heterocycles. The van der Waals surface area contributed by atoms with E-state index in [-0.39, 0.29) is 0 Å². The van der Waals surface area contributed by atoms with Gasteiger partial charge in [0.15, 0.2) is 0 Å². The molecule has 11 heteroatoms. The maximum absolute atomic E-state index is 13.0. The fourth-order valence-corrected chi connectivity index (χ4v) is 5.66. The third-order valence-corrected chi connectivity index (χ3v) is 7.54. The Morgan fingerprint density at radius 3 is 2.76 bits per heavy atom. The molecule has 0 saturated carbocycles. The van der Waals surface area contributed by atoms with Crippen LogP contribution >= 0.6 is 11.3 Å². The number of carbonyl (C=O) groups excluding carboxylic acids is 1. The standard InChI is InChI=1S/C23H27FN6OS.C3H7NO/c24-15-11-30(12-15)6-3-7-31-19-9-17(26)14(10-25)8-18(19)29-22-21-16-4-1-2-5-20(16)32-23(21)28-13-27-22;1-4(2)3-5/h8-10,13,15,25H,1-7,11-12,26H2,(H,27,28,29);3H,1-2H3. The number of nitrogens with zero attached hydrogens (tertiary/aromatic N) is 4. The predicted molar refractivity (Wildman–Crippen MR) is 147 cm³/mol. The number of nitrogen functional groups attached to an aromatic ring is 1. The van der Waals surface area contributed by atoms with Crippen LogP contribution in [0.2, 0.25) is 0 Å². The summed E-state index contributed by atoms with van der Waals surface area (Å²) in [6, 6.07) is 3.58. The number of anilines is 3. The van der Waals surface area contributed by atoms with Gasteiger partial charge in [-0.2, -0.15) is 0 Å². The number of thiophene rings is 1. The molecule has 0 unspecified atom stereocenters. The topological polar surface area (TPSA) is 120 Å². The second-order valence-electron chi connectivity index (χ2n) is 9.49. The van der Waals surface area contributed by atoms with E-state index in [4.69, 9.17) is 15.9 Å². The number of halogens is 1. The Bertz CT molecular complexity index is 1240. The van der Waals surface area contributed by atoms with E-state index in [1.807, 2.05) is 6.07 Å². The summed E-state index contributed by atoms with van der Waals surface area (Å²) in [6.07, 6.45) is 8.24. The van der Waals surface area contributed by atoms with Crippen molar-refractivity contribution in [1.82, 2.24) is 19.8 Å². The van der Waals surface area contributed by atoms with E-state index in [1.165, 1.54) is 34.4 Å². The van der Waals surface area contributed by atoms with Crippen molar-refractivity contribution >= 4 is 51.4 Å². The number of rotatable bonds is 9. The number of fused-ring (bicyclic) bond motifs is 3.